The molecular weight excluding hydrogens is 362 g/mol. The first-order valence-corrected chi connectivity index (χ1v) is 9.37. The third kappa shape index (κ3) is 4.60. The first-order valence-electron chi connectivity index (χ1n) is 8.49. The first-order chi connectivity index (χ1) is 13.0. The van der Waals surface area contributed by atoms with Gasteiger partial charge in [-0.15, -0.1) is 11.8 Å². The molecule has 2 aromatic carbocycles. The number of hydrogen-bond donors (Lipinski definition) is 2. The Bertz CT molecular complexity index is 906. The molecule has 1 aliphatic rings. The number of rotatable bonds is 4. The number of hydrogen-bond acceptors (Lipinski definition) is 5. The molecule has 2 unspecified atom stereocenters. The SMILES string of the molecule is Cc1ccc2c(c1)SC(C(=O)NNC(=O)C(C)Oc1ccc(C#N)cc1)C2. The molecule has 0 spiro atoms. The van der Waals surface area contributed by atoms with Crippen molar-refractivity contribution in [3.63, 3.8) is 0 Å². The maximum Gasteiger partial charge on any atom is 0.279 e. The van der Waals surface area contributed by atoms with Crippen LogP contribution in [0.15, 0.2) is 47.4 Å². The lowest BCUT2D eigenvalue weighted by Gasteiger charge is -2.16. The van der Waals surface area contributed by atoms with Crippen molar-refractivity contribution in [1.82, 2.24) is 10.9 Å². The van der Waals surface area contributed by atoms with Crippen molar-refractivity contribution < 1.29 is 14.3 Å². The van der Waals surface area contributed by atoms with Gasteiger partial charge in [-0.2, -0.15) is 5.26 Å². The maximum absolute atomic E-state index is 12.3. The molecule has 0 saturated carbocycles. The zero-order chi connectivity index (χ0) is 19.4. The van der Waals surface area contributed by atoms with E-state index < -0.39 is 12.0 Å². The van der Waals surface area contributed by atoms with Gasteiger partial charge in [0.15, 0.2) is 6.10 Å². The number of carbonyl (C=O) groups is 2. The van der Waals surface area contributed by atoms with Crippen LogP contribution in [0.2, 0.25) is 0 Å². The van der Waals surface area contributed by atoms with E-state index in [9.17, 15) is 9.59 Å². The third-order valence-electron chi connectivity index (χ3n) is 4.16. The Morgan fingerprint density at radius 2 is 1.96 bits per heavy atom. The molecule has 138 valence electrons. The molecule has 3 rings (SSSR count). The Morgan fingerprint density at radius 1 is 1.22 bits per heavy atom. The molecule has 2 amide bonds. The fourth-order valence-corrected chi connectivity index (χ4v) is 3.94. The average Bonchev–Trinajstić information content (AvgIpc) is 3.09. The molecule has 1 aliphatic heterocycles. The summed E-state index contributed by atoms with van der Waals surface area (Å²) in [7, 11) is 0. The molecule has 2 aromatic rings. The van der Waals surface area contributed by atoms with Gasteiger partial charge < -0.3 is 4.74 Å². The van der Waals surface area contributed by atoms with Crippen molar-refractivity contribution in [2.45, 2.75) is 36.5 Å². The lowest BCUT2D eigenvalue weighted by atomic mass is 10.1. The zero-order valence-electron chi connectivity index (χ0n) is 15.0. The van der Waals surface area contributed by atoms with E-state index in [0.29, 0.717) is 17.7 Å². The van der Waals surface area contributed by atoms with E-state index in [1.807, 2.05) is 25.1 Å². The number of hydrazine groups is 1. The second-order valence-corrected chi connectivity index (χ2v) is 7.54. The Kier molecular flexibility index (Phi) is 5.67. The summed E-state index contributed by atoms with van der Waals surface area (Å²) in [5.74, 6) is -0.225. The van der Waals surface area contributed by atoms with Gasteiger partial charge in [0.2, 0.25) is 0 Å². The summed E-state index contributed by atoms with van der Waals surface area (Å²) < 4.78 is 5.52. The topological polar surface area (TPSA) is 91.2 Å². The fourth-order valence-electron chi connectivity index (χ4n) is 2.65. The summed E-state index contributed by atoms with van der Waals surface area (Å²) in [6, 6.07) is 14.6. The van der Waals surface area contributed by atoms with Crippen LogP contribution in [0.25, 0.3) is 0 Å². The molecule has 2 atom stereocenters. The molecule has 1 heterocycles. The molecule has 0 saturated heterocycles. The van der Waals surface area contributed by atoms with Gasteiger partial charge in [-0.3, -0.25) is 20.4 Å². The van der Waals surface area contributed by atoms with Crippen molar-refractivity contribution >= 4 is 23.6 Å². The summed E-state index contributed by atoms with van der Waals surface area (Å²) in [5, 5.41) is 8.52. The molecule has 0 aromatic heterocycles. The van der Waals surface area contributed by atoms with Crippen molar-refractivity contribution in [2.75, 3.05) is 0 Å². The van der Waals surface area contributed by atoms with E-state index in [2.05, 4.69) is 16.9 Å². The molecule has 0 radical (unpaired) electrons. The largest absolute Gasteiger partial charge is 0.481 e. The fraction of sp³-hybridized carbons (Fsp3) is 0.250. The highest BCUT2D eigenvalue weighted by molar-refractivity contribution is 8.01. The minimum Gasteiger partial charge on any atom is -0.481 e. The number of nitrogens with zero attached hydrogens (tertiary/aromatic N) is 1. The summed E-state index contributed by atoms with van der Waals surface area (Å²) in [6.07, 6.45) is -0.159. The second-order valence-electron chi connectivity index (χ2n) is 6.30. The van der Waals surface area contributed by atoms with Gasteiger partial charge in [-0.1, -0.05) is 17.7 Å². The minimum atomic E-state index is -0.797. The summed E-state index contributed by atoms with van der Waals surface area (Å²) in [4.78, 5) is 25.6. The van der Waals surface area contributed by atoms with Crippen molar-refractivity contribution in [3.05, 3.63) is 59.2 Å². The number of nitrogens with one attached hydrogen (secondary N) is 2. The molecule has 0 aliphatic carbocycles. The average molecular weight is 381 g/mol. The molecule has 0 fully saturated rings. The van der Waals surface area contributed by atoms with Crippen LogP contribution in [-0.4, -0.2) is 23.2 Å². The highest BCUT2D eigenvalue weighted by Crippen LogP contribution is 2.37. The van der Waals surface area contributed by atoms with Crippen molar-refractivity contribution in [1.29, 1.82) is 5.26 Å². The van der Waals surface area contributed by atoms with Crippen LogP contribution >= 0.6 is 11.8 Å². The highest BCUT2D eigenvalue weighted by Gasteiger charge is 2.29. The highest BCUT2D eigenvalue weighted by atomic mass is 32.2. The molecule has 7 heteroatoms. The van der Waals surface area contributed by atoms with Crippen LogP contribution in [0.5, 0.6) is 5.75 Å². The number of amides is 2. The lowest BCUT2D eigenvalue weighted by Crippen LogP contribution is -2.49. The van der Waals surface area contributed by atoms with Crippen LogP contribution in [0.1, 0.15) is 23.6 Å². The van der Waals surface area contributed by atoms with Crippen LogP contribution in [0.3, 0.4) is 0 Å². The number of nitriles is 1. The van der Waals surface area contributed by atoms with E-state index in [4.69, 9.17) is 10.00 Å². The van der Waals surface area contributed by atoms with Crippen LogP contribution in [0, 0.1) is 18.3 Å². The number of thioether (sulfide) groups is 1. The number of ether oxygens (including phenoxy) is 1. The van der Waals surface area contributed by atoms with Crippen molar-refractivity contribution in [2.24, 2.45) is 0 Å². The van der Waals surface area contributed by atoms with E-state index in [1.54, 1.807) is 31.2 Å². The van der Waals surface area contributed by atoms with Gasteiger partial charge in [0, 0.05) is 4.90 Å². The summed E-state index contributed by atoms with van der Waals surface area (Å²) in [5.41, 5.74) is 7.70. The predicted molar refractivity (Wildman–Crippen MR) is 102 cm³/mol. The number of fused-ring (bicyclic) bond motifs is 1. The Morgan fingerprint density at radius 3 is 2.67 bits per heavy atom. The first kappa shape index (κ1) is 18.8. The van der Waals surface area contributed by atoms with Gasteiger partial charge in [0.1, 0.15) is 5.75 Å². The molecular formula is C20H19N3O3S. The summed E-state index contributed by atoms with van der Waals surface area (Å²) in [6.45, 7) is 3.60. The molecule has 2 N–H and O–H groups in total. The Labute approximate surface area is 161 Å². The quantitative estimate of drug-likeness (QED) is 0.794. The monoisotopic (exact) mass is 381 g/mol. The Hall–Kier alpha value is -2.98. The molecule has 0 bridgehead atoms. The number of aryl methyl sites for hydroxylation is 1. The van der Waals surface area contributed by atoms with E-state index >= 15 is 0 Å². The predicted octanol–water partition coefficient (Wildman–Crippen LogP) is 2.50. The van der Waals surface area contributed by atoms with Gasteiger partial charge in [0.25, 0.3) is 11.8 Å². The van der Waals surface area contributed by atoms with Crippen molar-refractivity contribution in [3.8, 4) is 11.8 Å². The van der Waals surface area contributed by atoms with Gasteiger partial charge >= 0.3 is 0 Å². The molecule has 27 heavy (non-hydrogen) atoms. The number of benzene rings is 2. The van der Waals surface area contributed by atoms with E-state index in [0.717, 1.165) is 16.0 Å². The van der Waals surface area contributed by atoms with E-state index in [-0.39, 0.29) is 11.2 Å². The van der Waals surface area contributed by atoms with Gasteiger partial charge in [-0.25, -0.2) is 0 Å². The molecule has 6 nitrogen and oxygen atoms in total. The summed E-state index contributed by atoms with van der Waals surface area (Å²) >= 11 is 1.50. The van der Waals surface area contributed by atoms with Crippen LogP contribution in [0.4, 0.5) is 0 Å². The smallest absolute Gasteiger partial charge is 0.279 e. The van der Waals surface area contributed by atoms with Gasteiger partial charge in [0.05, 0.1) is 16.9 Å². The van der Waals surface area contributed by atoms with Crippen LogP contribution in [-0.2, 0) is 16.0 Å². The third-order valence-corrected chi connectivity index (χ3v) is 5.46. The second kappa shape index (κ2) is 8.14. The maximum atomic E-state index is 12.3. The minimum absolute atomic E-state index is 0.243. The normalized spacial score (nSPS) is 16.0. The van der Waals surface area contributed by atoms with E-state index in [1.165, 1.54) is 11.8 Å². The Balaban J connectivity index is 1.48. The standard InChI is InChI=1S/C20H19N3O3S/c1-12-3-6-15-10-18(27-17(15)9-12)20(25)23-22-19(24)13(2)26-16-7-4-14(11-21)5-8-16/h3-9,13,18H,10H2,1-2H3,(H,22,24)(H,23,25). The number of carbonyl (C=O) groups excluding carboxylic acids is 2. The van der Waals surface area contributed by atoms with Gasteiger partial charge in [-0.05, 0) is 56.2 Å². The lowest BCUT2D eigenvalue weighted by molar-refractivity contribution is -0.132. The van der Waals surface area contributed by atoms with Crippen LogP contribution < -0.4 is 15.6 Å². The zero-order valence-corrected chi connectivity index (χ0v) is 15.8.